The van der Waals surface area contributed by atoms with Crippen molar-refractivity contribution < 1.29 is 8.81 Å². The fourth-order valence-electron chi connectivity index (χ4n) is 2.24. The minimum absolute atomic E-state index is 0.0294. The van der Waals surface area contributed by atoms with Crippen LogP contribution in [0.4, 0.5) is 4.39 Å². The molecule has 1 atom stereocenters. The van der Waals surface area contributed by atoms with Crippen molar-refractivity contribution in [2.24, 2.45) is 0 Å². The Balaban J connectivity index is 2.23. The van der Waals surface area contributed by atoms with Crippen molar-refractivity contribution in [3.05, 3.63) is 58.3 Å². The molecule has 0 radical (unpaired) electrons. The first-order valence-corrected chi connectivity index (χ1v) is 7.21. The number of aryl methyl sites for hydroxylation is 1. The maximum absolute atomic E-state index is 13.4. The maximum atomic E-state index is 13.4. The summed E-state index contributed by atoms with van der Waals surface area (Å²) in [7, 11) is 0. The van der Waals surface area contributed by atoms with Gasteiger partial charge in [-0.15, -0.1) is 0 Å². The molecule has 0 spiro atoms. The second-order valence-electron chi connectivity index (χ2n) is 4.93. The molecule has 108 valence electrons. The third-order valence-electron chi connectivity index (χ3n) is 3.40. The van der Waals surface area contributed by atoms with Gasteiger partial charge >= 0.3 is 0 Å². The van der Waals surface area contributed by atoms with Crippen LogP contribution in [0.15, 0.2) is 34.9 Å². The monoisotopic (exact) mass is 295 g/mol. The predicted octanol–water partition coefficient (Wildman–Crippen LogP) is 4.66. The quantitative estimate of drug-likeness (QED) is 0.838. The molecule has 0 fully saturated rings. The van der Waals surface area contributed by atoms with Gasteiger partial charge in [-0.25, -0.2) is 4.39 Å². The number of hydrogen-bond donors (Lipinski definition) is 1. The first-order chi connectivity index (χ1) is 9.61. The van der Waals surface area contributed by atoms with E-state index < -0.39 is 0 Å². The third-order valence-corrected chi connectivity index (χ3v) is 3.70. The van der Waals surface area contributed by atoms with Crippen LogP contribution >= 0.6 is 11.6 Å². The molecule has 4 heteroatoms. The van der Waals surface area contributed by atoms with Crippen LogP contribution < -0.4 is 5.32 Å². The molecule has 1 heterocycles. The highest BCUT2D eigenvalue weighted by molar-refractivity contribution is 6.29. The Kier molecular flexibility index (Phi) is 5.21. The molecule has 0 amide bonds. The molecule has 0 saturated carbocycles. The van der Waals surface area contributed by atoms with Gasteiger partial charge in [0.2, 0.25) is 0 Å². The molecule has 2 nitrogen and oxygen atoms in total. The second kappa shape index (κ2) is 6.91. The lowest BCUT2D eigenvalue weighted by Gasteiger charge is -2.19. The van der Waals surface area contributed by atoms with E-state index in [1.807, 2.05) is 13.0 Å². The number of nitrogens with one attached hydrogen (secondary N) is 1. The SMILES string of the molecule is CCCNC(Cc1cc(F)ccc1C)c1ccoc1Cl. The zero-order valence-corrected chi connectivity index (χ0v) is 12.5. The zero-order valence-electron chi connectivity index (χ0n) is 11.7. The summed E-state index contributed by atoms with van der Waals surface area (Å²) in [6.45, 7) is 4.97. The van der Waals surface area contributed by atoms with Gasteiger partial charge in [0.15, 0.2) is 5.22 Å². The van der Waals surface area contributed by atoms with Crippen LogP contribution in [-0.4, -0.2) is 6.54 Å². The predicted molar refractivity (Wildman–Crippen MR) is 79.6 cm³/mol. The Hall–Kier alpha value is -1.32. The Morgan fingerprint density at radius 2 is 2.15 bits per heavy atom. The number of furan rings is 1. The molecule has 0 aliphatic heterocycles. The minimum Gasteiger partial charge on any atom is -0.453 e. The van der Waals surface area contributed by atoms with Gasteiger partial charge in [-0.1, -0.05) is 13.0 Å². The van der Waals surface area contributed by atoms with Crippen LogP contribution in [-0.2, 0) is 6.42 Å². The first-order valence-electron chi connectivity index (χ1n) is 6.83. The molecule has 2 aromatic rings. The van der Waals surface area contributed by atoms with Gasteiger partial charge in [-0.2, -0.15) is 0 Å². The van der Waals surface area contributed by atoms with Crippen molar-refractivity contribution in [1.82, 2.24) is 5.32 Å². The number of halogens is 2. The van der Waals surface area contributed by atoms with Gasteiger partial charge in [-0.3, -0.25) is 0 Å². The summed E-state index contributed by atoms with van der Waals surface area (Å²) in [5.41, 5.74) is 2.98. The maximum Gasteiger partial charge on any atom is 0.197 e. The standard InChI is InChI=1S/C16H19ClFNO/c1-3-7-19-15(14-6-8-20-16(14)17)10-12-9-13(18)5-4-11(12)2/h4-6,8-9,15,19H,3,7,10H2,1-2H3. The molecule has 0 aliphatic rings. The van der Waals surface area contributed by atoms with Gasteiger partial charge in [0.1, 0.15) is 5.82 Å². The molecule has 0 aliphatic carbocycles. The molecule has 1 N–H and O–H groups in total. The van der Waals surface area contributed by atoms with E-state index >= 15 is 0 Å². The highest BCUT2D eigenvalue weighted by Crippen LogP contribution is 2.28. The summed E-state index contributed by atoms with van der Waals surface area (Å²) in [6, 6.07) is 6.77. The van der Waals surface area contributed by atoms with Crippen molar-refractivity contribution in [3.63, 3.8) is 0 Å². The summed E-state index contributed by atoms with van der Waals surface area (Å²) >= 11 is 6.07. The molecule has 0 saturated heterocycles. The van der Waals surface area contributed by atoms with Crippen molar-refractivity contribution in [2.45, 2.75) is 32.7 Å². The fourth-order valence-corrected chi connectivity index (χ4v) is 2.49. The van der Waals surface area contributed by atoms with E-state index in [1.165, 1.54) is 6.07 Å². The minimum atomic E-state index is -0.210. The van der Waals surface area contributed by atoms with Gasteiger partial charge in [-0.05, 0) is 67.2 Å². The third kappa shape index (κ3) is 3.62. The lowest BCUT2D eigenvalue weighted by Crippen LogP contribution is -2.24. The molecule has 1 aromatic heterocycles. The smallest absolute Gasteiger partial charge is 0.197 e. The fraction of sp³-hybridized carbons (Fsp3) is 0.375. The Morgan fingerprint density at radius 3 is 2.80 bits per heavy atom. The van der Waals surface area contributed by atoms with Crippen LogP contribution in [0.3, 0.4) is 0 Å². The lowest BCUT2D eigenvalue weighted by atomic mass is 9.97. The van der Waals surface area contributed by atoms with Gasteiger partial charge in [0.25, 0.3) is 0 Å². The van der Waals surface area contributed by atoms with Crippen LogP contribution in [0.2, 0.25) is 5.22 Å². The van der Waals surface area contributed by atoms with Crippen LogP contribution in [0.25, 0.3) is 0 Å². The number of benzene rings is 1. The zero-order chi connectivity index (χ0) is 14.5. The Morgan fingerprint density at radius 1 is 1.35 bits per heavy atom. The molecule has 0 bridgehead atoms. The average molecular weight is 296 g/mol. The van der Waals surface area contributed by atoms with Gasteiger partial charge in [0, 0.05) is 11.6 Å². The Bertz CT molecular complexity index is 567. The largest absolute Gasteiger partial charge is 0.453 e. The van der Waals surface area contributed by atoms with Crippen molar-refractivity contribution in [2.75, 3.05) is 6.54 Å². The topological polar surface area (TPSA) is 25.2 Å². The molecule has 2 rings (SSSR count). The van der Waals surface area contributed by atoms with Crippen LogP contribution in [0.5, 0.6) is 0 Å². The van der Waals surface area contributed by atoms with Gasteiger partial charge < -0.3 is 9.73 Å². The van der Waals surface area contributed by atoms with E-state index in [0.717, 1.165) is 29.7 Å². The summed E-state index contributed by atoms with van der Waals surface area (Å²) in [4.78, 5) is 0. The second-order valence-corrected chi connectivity index (χ2v) is 5.27. The van der Waals surface area contributed by atoms with E-state index in [0.29, 0.717) is 11.6 Å². The van der Waals surface area contributed by atoms with Crippen LogP contribution in [0.1, 0.15) is 36.1 Å². The highest BCUT2D eigenvalue weighted by atomic mass is 35.5. The van der Waals surface area contributed by atoms with Crippen LogP contribution in [0, 0.1) is 12.7 Å². The summed E-state index contributed by atoms with van der Waals surface area (Å²) < 4.78 is 18.6. The van der Waals surface area contributed by atoms with E-state index in [1.54, 1.807) is 18.4 Å². The lowest BCUT2D eigenvalue weighted by molar-refractivity contribution is 0.511. The highest BCUT2D eigenvalue weighted by Gasteiger charge is 2.18. The van der Waals surface area contributed by atoms with E-state index in [-0.39, 0.29) is 11.9 Å². The van der Waals surface area contributed by atoms with Gasteiger partial charge in [0.05, 0.1) is 6.26 Å². The Labute approximate surface area is 123 Å². The van der Waals surface area contributed by atoms with Crippen molar-refractivity contribution >= 4 is 11.6 Å². The van der Waals surface area contributed by atoms with E-state index in [4.69, 9.17) is 16.0 Å². The summed E-state index contributed by atoms with van der Waals surface area (Å²) in [6.07, 6.45) is 3.29. The number of rotatable bonds is 6. The number of hydrogen-bond acceptors (Lipinski definition) is 2. The van der Waals surface area contributed by atoms with E-state index in [9.17, 15) is 4.39 Å². The van der Waals surface area contributed by atoms with Crippen molar-refractivity contribution in [1.29, 1.82) is 0 Å². The molecule has 1 unspecified atom stereocenters. The first kappa shape index (κ1) is 15.1. The molecule has 1 aromatic carbocycles. The average Bonchev–Trinajstić information content (AvgIpc) is 2.84. The normalized spacial score (nSPS) is 12.6. The molecular weight excluding hydrogens is 277 g/mol. The van der Waals surface area contributed by atoms with Crippen molar-refractivity contribution in [3.8, 4) is 0 Å². The summed E-state index contributed by atoms with van der Waals surface area (Å²) in [5.74, 6) is -0.210. The molecule has 20 heavy (non-hydrogen) atoms. The van der Waals surface area contributed by atoms with E-state index in [2.05, 4.69) is 12.2 Å². The summed E-state index contributed by atoms with van der Waals surface area (Å²) in [5, 5.41) is 3.84. The molecular formula is C16H19ClFNO.